The Labute approximate surface area is 68.8 Å². The fraction of sp³-hybridized carbons (Fsp3) is 0.500. The van der Waals surface area contributed by atoms with Gasteiger partial charge in [0.1, 0.15) is 0 Å². The van der Waals surface area contributed by atoms with Crippen molar-refractivity contribution in [1.29, 1.82) is 0 Å². The van der Waals surface area contributed by atoms with E-state index in [1.54, 1.807) is 0 Å². The Hall–Kier alpha value is 0.880. The summed E-state index contributed by atoms with van der Waals surface area (Å²) in [4.78, 5) is 0. The highest BCUT2D eigenvalue weighted by Gasteiger charge is 1.97. The summed E-state index contributed by atoms with van der Waals surface area (Å²) in [6.07, 6.45) is 3.87. The summed E-state index contributed by atoms with van der Waals surface area (Å²) in [5.41, 5.74) is 0. The average molecular weight is 182 g/mol. The van der Waals surface area contributed by atoms with Crippen LogP contribution in [0.4, 0.5) is 0 Å². The molecule has 0 bridgehead atoms. The molecule has 0 aliphatic carbocycles. The van der Waals surface area contributed by atoms with Gasteiger partial charge < -0.3 is 0 Å². The smallest absolute Gasteiger partial charge is 0.0948 e. The molecule has 0 amide bonds. The maximum atomic E-state index is 4.88. The lowest BCUT2D eigenvalue weighted by Gasteiger charge is -1.94. The largest absolute Gasteiger partial charge is 0.116 e. The predicted molar refractivity (Wildman–Crippen MR) is 52.2 cm³/mol. The van der Waals surface area contributed by atoms with Gasteiger partial charge in [-0.3, -0.25) is 0 Å². The van der Waals surface area contributed by atoms with Gasteiger partial charge in [0.15, 0.2) is 0 Å². The van der Waals surface area contributed by atoms with Crippen LogP contribution >= 0.6 is 48.0 Å². The highest BCUT2D eigenvalue weighted by atomic mass is 32.2. The van der Waals surface area contributed by atoms with E-state index < -0.39 is 0 Å². The molecule has 0 aromatic heterocycles. The zero-order valence-corrected chi connectivity index (χ0v) is 7.90. The molecular formula is C4H6S4. The van der Waals surface area contributed by atoms with Crippen molar-refractivity contribution in [2.24, 2.45) is 0 Å². The highest BCUT2D eigenvalue weighted by molar-refractivity contribution is 8.36. The SMILES string of the molecule is CSC(=S)C(=S)SC. The van der Waals surface area contributed by atoms with Crippen molar-refractivity contribution < 1.29 is 0 Å². The summed E-state index contributed by atoms with van der Waals surface area (Å²) in [5, 5.41) is 0. The van der Waals surface area contributed by atoms with E-state index in [1.807, 2.05) is 12.5 Å². The Morgan fingerprint density at radius 3 is 1.38 bits per heavy atom. The molecule has 0 aromatic carbocycles. The van der Waals surface area contributed by atoms with Gasteiger partial charge >= 0.3 is 0 Å². The molecule has 0 fully saturated rings. The van der Waals surface area contributed by atoms with Gasteiger partial charge in [-0.15, -0.1) is 23.5 Å². The highest BCUT2D eigenvalue weighted by Crippen LogP contribution is 2.08. The van der Waals surface area contributed by atoms with Crippen LogP contribution in [0.1, 0.15) is 0 Å². The number of hydrogen-bond donors (Lipinski definition) is 0. The van der Waals surface area contributed by atoms with Crippen molar-refractivity contribution in [2.45, 2.75) is 0 Å². The lowest BCUT2D eigenvalue weighted by molar-refractivity contribution is 2.52. The molecule has 0 nitrogen and oxygen atoms in total. The van der Waals surface area contributed by atoms with Gasteiger partial charge in [0.05, 0.1) is 8.39 Å². The molecule has 8 heavy (non-hydrogen) atoms. The monoisotopic (exact) mass is 182 g/mol. The first-order chi connectivity index (χ1) is 3.72. The van der Waals surface area contributed by atoms with Gasteiger partial charge in [-0.2, -0.15) is 0 Å². The summed E-state index contributed by atoms with van der Waals surface area (Å²) in [5.74, 6) is 0. The minimum Gasteiger partial charge on any atom is -0.116 e. The second kappa shape index (κ2) is 4.73. The van der Waals surface area contributed by atoms with Gasteiger partial charge in [-0.25, -0.2) is 0 Å². The van der Waals surface area contributed by atoms with Crippen molar-refractivity contribution in [2.75, 3.05) is 12.5 Å². The fourth-order valence-corrected chi connectivity index (χ4v) is 1.50. The number of hydrogen-bond acceptors (Lipinski definition) is 4. The molecule has 0 heterocycles. The molecule has 0 aliphatic heterocycles. The van der Waals surface area contributed by atoms with Crippen molar-refractivity contribution in [3.63, 3.8) is 0 Å². The van der Waals surface area contributed by atoms with Crippen LogP contribution in [0, 0.1) is 0 Å². The van der Waals surface area contributed by atoms with Crippen LogP contribution in [0.2, 0.25) is 0 Å². The fourth-order valence-electron chi connectivity index (χ4n) is 0.167. The molecule has 0 aliphatic rings. The molecular weight excluding hydrogens is 176 g/mol. The second-order valence-corrected chi connectivity index (χ2v) is 3.95. The van der Waals surface area contributed by atoms with E-state index in [1.165, 1.54) is 23.5 Å². The summed E-state index contributed by atoms with van der Waals surface area (Å²) < 4.78 is 1.65. The molecule has 0 N–H and O–H groups in total. The summed E-state index contributed by atoms with van der Waals surface area (Å²) in [6.45, 7) is 0. The normalized spacial score (nSPS) is 8.75. The van der Waals surface area contributed by atoms with Gasteiger partial charge in [0.25, 0.3) is 0 Å². The summed E-state index contributed by atoms with van der Waals surface area (Å²) in [7, 11) is 0. The standard InChI is InChI=1S/C4H6S4/c1-7-3(5)4(6)8-2/h1-2H3. The first-order valence-electron chi connectivity index (χ1n) is 1.88. The van der Waals surface area contributed by atoms with Gasteiger partial charge in [0, 0.05) is 0 Å². The second-order valence-electron chi connectivity index (χ2n) is 0.983. The van der Waals surface area contributed by atoms with Gasteiger partial charge in [0.2, 0.25) is 0 Å². The predicted octanol–water partition coefficient (Wildman–Crippen LogP) is 2.37. The van der Waals surface area contributed by atoms with Crippen molar-refractivity contribution >= 4 is 56.4 Å². The topological polar surface area (TPSA) is 0 Å². The third-order valence-electron chi connectivity index (χ3n) is 0.537. The van der Waals surface area contributed by atoms with E-state index in [9.17, 15) is 0 Å². The lowest BCUT2D eigenvalue weighted by atomic mass is 10.9. The Kier molecular flexibility index (Phi) is 5.25. The van der Waals surface area contributed by atoms with E-state index in [2.05, 4.69) is 0 Å². The number of thiocarbonyl (C=S) groups is 2. The summed E-state index contributed by atoms with van der Waals surface area (Å²) >= 11 is 12.8. The van der Waals surface area contributed by atoms with E-state index in [0.29, 0.717) is 0 Å². The van der Waals surface area contributed by atoms with Gasteiger partial charge in [-0.1, -0.05) is 24.4 Å². The Balaban J connectivity index is 3.64. The van der Waals surface area contributed by atoms with Crippen LogP contribution in [-0.4, -0.2) is 20.9 Å². The number of rotatable bonds is 0. The van der Waals surface area contributed by atoms with Crippen molar-refractivity contribution in [3.05, 3.63) is 0 Å². The average Bonchev–Trinajstić information content (AvgIpc) is 1.84. The molecule has 0 spiro atoms. The maximum absolute atomic E-state index is 4.88. The van der Waals surface area contributed by atoms with E-state index in [4.69, 9.17) is 24.4 Å². The Morgan fingerprint density at radius 1 is 1.00 bits per heavy atom. The van der Waals surface area contributed by atoms with Crippen LogP contribution in [0.25, 0.3) is 0 Å². The molecule has 0 atom stereocenters. The Bertz CT molecular complexity index is 92.6. The molecule has 4 heteroatoms. The van der Waals surface area contributed by atoms with Crippen molar-refractivity contribution in [1.82, 2.24) is 0 Å². The van der Waals surface area contributed by atoms with Crippen molar-refractivity contribution in [3.8, 4) is 0 Å². The quantitative estimate of drug-likeness (QED) is 0.527. The molecule has 0 unspecified atom stereocenters. The minimum absolute atomic E-state index is 0.826. The lowest BCUT2D eigenvalue weighted by Crippen LogP contribution is -1.96. The van der Waals surface area contributed by atoms with Crippen LogP contribution < -0.4 is 0 Å². The van der Waals surface area contributed by atoms with Crippen LogP contribution in [0.5, 0.6) is 0 Å². The van der Waals surface area contributed by atoms with Crippen LogP contribution in [0.3, 0.4) is 0 Å². The zero-order valence-electron chi connectivity index (χ0n) is 4.63. The number of thioether (sulfide) groups is 2. The zero-order chi connectivity index (χ0) is 6.57. The first-order valence-corrected chi connectivity index (χ1v) is 5.15. The van der Waals surface area contributed by atoms with E-state index >= 15 is 0 Å². The molecule has 0 saturated heterocycles. The Morgan fingerprint density at radius 2 is 1.25 bits per heavy atom. The summed E-state index contributed by atoms with van der Waals surface area (Å²) in [6, 6.07) is 0. The molecule has 0 radical (unpaired) electrons. The third kappa shape index (κ3) is 3.02. The van der Waals surface area contributed by atoms with Crippen LogP contribution in [-0.2, 0) is 0 Å². The van der Waals surface area contributed by atoms with Crippen LogP contribution in [0.15, 0.2) is 0 Å². The molecule has 0 saturated carbocycles. The first kappa shape index (κ1) is 8.88. The molecule has 0 rings (SSSR count). The molecule has 0 aromatic rings. The van der Waals surface area contributed by atoms with E-state index in [0.717, 1.165) is 8.39 Å². The third-order valence-corrected chi connectivity index (χ3v) is 3.61. The van der Waals surface area contributed by atoms with E-state index in [-0.39, 0.29) is 0 Å². The molecule has 46 valence electrons. The van der Waals surface area contributed by atoms with Gasteiger partial charge in [-0.05, 0) is 12.5 Å². The minimum atomic E-state index is 0.826. The maximum Gasteiger partial charge on any atom is 0.0948 e.